The zero-order valence-corrected chi connectivity index (χ0v) is 22.8. The molecule has 0 N–H and O–H groups in total. The molecule has 1 aliphatic rings. The van der Waals surface area contributed by atoms with Crippen LogP contribution < -0.4 is 4.90 Å². The molecule has 0 saturated heterocycles. The average molecular weight is 547 g/mol. The van der Waals surface area contributed by atoms with Gasteiger partial charge >= 0.3 is 0 Å². The van der Waals surface area contributed by atoms with Crippen molar-refractivity contribution < 1.29 is 14.4 Å². The zero-order valence-electron chi connectivity index (χ0n) is 21.3. The summed E-state index contributed by atoms with van der Waals surface area (Å²) in [5, 5.41) is 1.11. The first-order valence-electron chi connectivity index (χ1n) is 12.5. The van der Waals surface area contributed by atoms with E-state index in [1.165, 1.54) is 0 Å². The molecule has 3 aromatic rings. The Balaban J connectivity index is 1.88. The van der Waals surface area contributed by atoms with E-state index in [9.17, 15) is 14.4 Å². The molecule has 7 heteroatoms. The van der Waals surface area contributed by atoms with Crippen LogP contribution in [-0.2, 0) is 9.59 Å². The topological polar surface area (TPSA) is 57.7 Å². The number of halogens is 2. The number of unbranched alkanes of at least 4 members (excludes halogenated alkanes) is 1. The minimum absolute atomic E-state index is 0.100. The molecule has 194 valence electrons. The van der Waals surface area contributed by atoms with Crippen LogP contribution in [0.3, 0.4) is 0 Å². The van der Waals surface area contributed by atoms with Crippen molar-refractivity contribution in [3.05, 3.63) is 99.0 Å². The molecule has 2 amide bonds. The number of Topliss-reactive ketones (excluding diaryl/α,β-unsaturated/α-hetero) is 1. The zero-order chi connectivity index (χ0) is 27.4. The van der Waals surface area contributed by atoms with Crippen LogP contribution in [0.15, 0.2) is 66.7 Å². The Morgan fingerprint density at radius 2 is 1.61 bits per heavy atom. The predicted molar refractivity (Wildman–Crippen MR) is 151 cm³/mol. The van der Waals surface area contributed by atoms with Crippen LogP contribution in [0, 0.1) is 12.3 Å². The Morgan fingerprint density at radius 3 is 2.21 bits per heavy atom. The number of anilines is 1. The van der Waals surface area contributed by atoms with Crippen LogP contribution in [0.2, 0.25) is 10.0 Å². The number of rotatable bonds is 8. The summed E-state index contributed by atoms with van der Waals surface area (Å²) in [4.78, 5) is 43.5. The lowest BCUT2D eigenvalue weighted by Crippen LogP contribution is -2.44. The van der Waals surface area contributed by atoms with Gasteiger partial charge in [0, 0.05) is 28.6 Å². The van der Waals surface area contributed by atoms with Gasteiger partial charge in [-0.2, -0.15) is 0 Å². The van der Waals surface area contributed by atoms with Crippen molar-refractivity contribution in [3.8, 4) is 12.3 Å². The molecule has 38 heavy (non-hydrogen) atoms. The van der Waals surface area contributed by atoms with Gasteiger partial charge in [-0.25, -0.2) is 0 Å². The van der Waals surface area contributed by atoms with Gasteiger partial charge in [-0.05, 0) is 80.3 Å². The van der Waals surface area contributed by atoms with Gasteiger partial charge < -0.3 is 14.6 Å². The van der Waals surface area contributed by atoms with E-state index in [-0.39, 0.29) is 17.6 Å². The van der Waals surface area contributed by atoms with Crippen molar-refractivity contribution in [1.29, 1.82) is 0 Å². The normalized spacial score (nSPS) is 16.0. The number of hydrogen-bond acceptors (Lipinski definition) is 3. The van der Waals surface area contributed by atoms with Crippen LogP contribution in [0.4, 0.5) is 5.69 Å². The SMILES string of the molecule is C#Cc1ccc2c(c1)C(=O)N([C@H](C)c1ccc(Cl)cc1)[C@@H](c1ccc(Cl)cc1)C(=O)N2CCCCC(C)=O. The van der Waals surface area contributed by atoms with Crippen LogP contribution >= 0.6 is 23.2 Å². The molecular formula is C31H28Cl2N2O3. The lowest BCUT2D eigenvalue weighted by molar-refractivity contribution is -0.123. The standard InChI is InChI=1S/C31H28Cl2N2O3/c1-4-22-8-17-28-27(19-22)30(37)35(21(3)23-9-13-25(32)14-10-23)29(24-11-15-26(33)16-12-24)31(38)34(28)18-6-5-7-20(2)36/h1,8-17,19,21,29H,5-7,18H2,2-3H3/t21-,29+/m1/s1. The number of carbonyl (C=O) groups is 3. The Morgan fingerprint density at radius 1 is 0.974 bits per heavy atom. The van der Waals surface area contributed by atoms with Gasteiger partial charge in [-0.15, -0.1) is 6.42 Å². The second-order valence-corrected chi connectivity index (χ2v) is 10.3. The van der Waals surface area contributed by atoms with Gasteiger partial charge in [-0.1, -0.05) is 53.4 Å². The maximum atomic E-state index is 14.4. The molecule has 0 saturated carbocycles. The Labute approximate surface area is 233 Å². The highest BCUT2D eigenvalue weighted by molar-refractivity contribution is 6.30. The minimum Gasteiger partial charge on any atom is -0.316 e. The monoisotopic (exact) mass is 546 g/mol. The van der Waals surface area contributed by atoms with E-state index >= 15 is 0 Å². The summed E-state index contributed by atoms with van der Waals surface area (Å²) in [6.45, 7) is 3.80. The fourth-order valence-electron chi connectivity index (χ4n) is 4.80. The predicted octanol–water partition coefficient (Wildman–Crippen LogP) is 7.03. The molecule has 0 fully saturated rings. The van der Waals surface area contributed by atoms with Crippen LogP contribution in [-0.4, -0.2) is 29.0 Å². The van der Waals surface area contributed by atoms with Crippen molar-refractivity contribution in [2.45, 2.75) is 45.2 Å². The molecule has 0 unspecified atom stereocenters. The molecule has 1 heterocycles. The van der Waals surface area contributed by atoms with Gasteiger partial charge in [-0.3, -0.25) is 9.59 Å². The van der Waals surface area contributed by atoms with E-state index in [1.807, 2.05) is 19.1 Å². The van der Waals surface area contributed by atoms with Crippen molar-refractivity contribution in [3.63, 3.8) is 0 Å². The molecular weight excluding hydrogens is 519 g/mol. The fourth-order valence-corrected chi connectivity index (χ4v) is 5.05. The molecule has 1 aliphatic heterocycles. The Hall–Kier alpha value is -3.59. The number of amides is 2. The van der Waals surface area contributed by atoms with Gasteiger partial charge in [0.1, 0.15) is 11.8 Å². The van der Waals surface area contributed by atoms with Crippen LogP contribution in [0.25, 0.3) is 0 Å². The first-order valence-corrected chi connectivity index (χ1v) is 13.2. The molecule has 5 nitrogen and oxygen atoms in total. The van der Waals surface area contributed by atoms with E-state index in [2.05, 4.69) is 5.92 Å². The molecule has 0 aromatic heterocycles. The molecule has 0 spiro atoms. The lowest BCUT2D eigenvalue weighted by atomic mass is 9.98. The smallest absolute Gasteiger partial charge is 0.257 e. The summed E-state index contributed by atoms with van der Waals surface area (Å²) in [5.41, 5.74) is 2.89. The number of carbonyl (C=O) groups excluding carboxylic acids is 3. The number of hydrogen-bond donors (Lipinski definition) is 0. The maximum Gasteiger partial charge on any atom is 0.257 e. The fraction of sp³-hybridized carbons (Fsp3) is 0.258. The molecule has 2 atom stereocenters. The van der Waals surface area contributed by atoms with Gasteiger partial charge in [0.2, 0.25) is 0 Å². The second kappa shape index (κ2) is 11.9. The van der Waals surface area contributed by atoms with Crippen LogP contribution in [0.1, 0.15) is 72.2 Å². The lowest BCUT2D eigenvalue weighted by Gasteiger charge is -2.36. The van der Waals surface area contributed by atoms with Gasteiger partial charge in [0.25, 0.3) is 11.8 Å². The number of nitrogens with zero attached hydrogens (tertiary/aromatic N) is 2. The first kappa shape index (κ1) is 27.4. The Kier molecular flexibility index (Phi) is 8.56. The van der Waals surface area contributed by atoms with Crippen LogP contribution in [0.5, 0.6) is 0 Å². The number of terminal acetylenes is 1. The Bertz CT molecular complexity index is 1390. The highest BCUT2D eigenvalue weighted by Gasteiger charge is 2.42. The van der Waals surface area contributed by atoms with E-state index in [1.54, 1.807) is 71.3 Å². The quantitative estimate of drug-likeness (QED) is 0.225. The summed E-state index contributed by atoms with van der Waals surface area (Å²) in [5.74, 6) is 2.15. The average Bonchev–Trinajstić information content (AvgIpc) is 2.99. The minimum atomic E-state index is -0.917. The third-order valence-corrected chi connectivity index (χ3v) is 7.32. The van der Waals surface area contributed by atoms with E-state index in [4.69, 9.17) is 29.6 Å². The van der Waals surface area contributed by atoms with Gasteiger partial charge in [0.15, 0.2) is 0 Å². The maximum absolute atomic E-state index is 14.4. The molecule has 0 aliphatic carbocycles. The van der Waals surface area contributed by atoms with E-state index in [0.717, 1.165) is 5.56 Å². The molecule has 3 aromatic carbocycles. The first-order chi connectivity index (χ1) is 18.2. The van der Waals surface area contributed by atoms with Crippen molar-refractivity contribution in [1.82, 2.24) is 4.90 Å². The third kappa shape index (κ3) is 5.78. The van der Waals surface area contributed by atoms with Crippen molar-refractivity contribution >= 4 is 46.5 Å². The summed E-state index contributed by atoms with van der Waals surface area (Å²) >= 11 is 12.3. The molecule has 4 rings (SSSR count). The highest BCUT2D eigenvalue weighted by atomic mass is 35.5. The number of ketones is 1. The number of benzene rings is 3. The largest absolute Gasteiger partial charge is 0.316 e. The van der Waals surface area contributed by atoms with Crippen molar-refractivity contribution in [2.75, 3.05) is 11.4 Å². The second-order valence-electron chi connectivity index (χ2n) is 9.42. The van der Waals surface area contributed by atoms with Gasteiger partial charge in [0.05, 0.1) is 17.3 Å². The number of fused-ring (bicyclic) bond motifs is 1. The summed E-state index contributed by atoms with van der Waals surface area (Å²) in [6, 6.07) is 18.0. The summed E-state index contributed by atoms with van der Waals surface area (Å²) in [7, 11) is 0. The third-order valence-electron chi connectivity index (χ3n) is 6.81. The molecule has 0 radical (unpaired) electrons. The van der Waals surface area contributed by atoms with Crippen molar-refractivity contribution in [2.24, 2.45) is 0 Å². The van der Waals surface area contributed by atoms with E-state index < -0.39 is 12.1 Å². The van der Waals surface area contributed by atoms with E-state index in [0.29, 0.717) is 58.2 Å². The molecule has 0 bridgehead atoms. The highest BCUT2D eigenvalue weighted by Crippen LogP contribution is 2.40. The summed E-state index contributed by atoms with van der Waals surface area (Å²) < 4.78 is 0. The summed E-state index contributed by atoms with van der Waals surface area (Å²) in [6.07, 6.45) is 7.36.